The zero-order valence-electron chi connectivity index (χ0n) is 15.0. The molecule has 0 atom stereocenters. The highest BCUT2D eigenvalue weighted by molar-refractivity contribution is 5.69. The van der Waals surface area contributed by atoms with Crippen LogP contribution in [0.1, 0.15) is 37.6 Å². The summed E-state index contributed by atoms with van der Waals surface area (Å²) in [7, 11) is 0. The van der Waals surface area contributed by atoms with Crippen LogP contribution in [0.3, 0.4) is 0 Å². The van der Waals surface area contributed by atoms with Gasteiger partial charge in [0.2, 0.25) is 5.95 Å². The van der Waals surface area contributed by atoms with E-state index in [9.17, 15) is 4.79 Å². The molecule has 0 spiro atoms. The zero-order chi connectivity index (χ0) is 17.9. The number of rotatable bonds is 4. The molecule has 25 heavy (non-hydrogen) atoms. The molecular formula is C19H24N4O2. The Hall–Kier alpha value is -2.63. The molecule has 1 aromatic carbocycles. The van der Waals surface area contributed by atoms with Crippen molar-refractivity contribution in [1.82, 2.24) is 14.9 Å². The molecule has 1 N–H and O–H groups in total. The summed E-state index contributed by atoms with van der Waals surface area (Å²) in [5, 5.41) is 3.25. The second-order valence-electron chi connectivity index (χ2n) is 7.16. The van der Waals surface area contributed by atoms with Gasteiger partial charge in [0.1, 0.15) is 5.60 Å². The van der Waals surface area contributed by atoms with Crippen molar-refractivity contribution in [2.24, 2.45) is 0 Å². The second kappa shape index (κ2) is 7.09. The lowest BCUT2D eigenvalue weighted by Gasteiger charge is -2.23. The maximum atomic E-state index is 12.2. The van der Waals surface area contributed by atoms with Crippen molar-refractivity contribution < 1.29 is 9.53 Å². The van der Waals surface area contributed by atoms with Crippen LogP contribution in [0.4, 0.5) is 10.7 Å². The van der Waals surface area contributed by atoms with Crippen molar-refractivity contribution in [3.63, 3.8) is 0 Å². The first-order valence-electron chi connectivity index (χ1n) is 8.51. The summed E-state index contributed by atoms with van der Waals surface area (Å²) in [6.07, 6.45) is 2.38. The van der Waals surface area contributed by atoms with Crippen molar-refractivity contribution in [2.45, 2.75) is 45.9 Å². The van der Waals surface area contributed by atoms with Gasteiger partial charge in [0, 0.05) is 18.3 Å². The molecule has 0 fully saturated rings. The maximum absolute atomic E-state index is 12.2. The fraction of sp³-hybridized carbons (Fsp3) is 0.421. The van der Waals surface area contributed by atoms with E-state index < -0.39 is 5.60 Å². The predicted octanol–water partition coefficient (Wildman–Crippen LogP) is 3.38. The largest absolute Gasteiger partial charge is 0.444 e. The van der Waals surface area contributed by atoms with Crippen LogP contribution < -0.4 is 5.32 Å². The first-order chi connectivity index (χ1) is 11.9. The highest BCUT2D eigenvalue weighted by Crippen LogP contribution is 2.23. The van der Waals surface area contributed by atoms with Gasteiger partial charge in [0.25, 0.3) is 0 Å². The molecule has 3 rings (SSSR count). The van der Waals surface area contributed by atoms with E-state index in [1.165, 1.54) is 5.56 Å². The number of carbonyl (C=O) groups excluding carboxylic acids is 1. The lowest BCUT2D eigenvalue weighted by Crippen LogP contribution is -2.33. The summed E-state index contributed by atoms with van der Waals surface area (Å²) in [6, 6.07) is 10.3. The van der Waals surface area contributed by atoms with Gasteiger partial charge in [-0.05, 0) is 32.8 Å². The van der Waals surface area contributed by atoms with E-state index in [1.807, 2.05) is 39.0 Å². The molecule has 6 nitrogen and oxygen atoms in total. The SMILES string of the molecule is CC(C)(C)OC(=O)N1Cc2cnc(NCCc3ccccc3)nc2C1. The standard InChI is InChI=1S/C19H24N4O2/c1-19(2,3)25-18(24)23-12-15-11-21-17(22-16(15)13-23)20-10-9-14-7-5-4-6-8-14/h4-8,11H,9-10,12-13H2,1-3H3,(H,20,21,22). The Morgan fingerprint density at radius 2 is 2.00 bits per heavy atom. The summed E-state index contributed by atoms with van der Waals surface area (Å²) in [6.45, 7) is 7.31. The van der Waals surface area contributed by atoms with E-state index in [4.69, 9.17) is 4.74 Å². The highest BCUT2D eigenvalue weighted by Gasteiger charge is 2.29. The molecule has 0 saturated heterocycles. The van der Waals surface area contributed by atoms with E-state index in [0.717, 1.165) is 24.2 Å². The van der Waals surface area contributed by atoms with E-state index in [2.05, 4.69) is 27.4 Å². The van der Waals surface area contributed by atoms with E-state index in [1.54, 1.807) is 11.1 Å². The van der Waals surface area contributed by atoms with Gasteiger partial charge in [-0.3, -0.25) is 4.90 Å². The van der Waals surface area contributed by atoms with Crippen LogP contribution in [0.15, 0.2) is 36.5 Å². The predicted molar refractivity (Wildman–Crippen MR) is 96.1 cm³/mol. The van der Waals surface area contributed by atoms with Gasteiger partial charge in [-0.25, -0.2) is 14.8 Å². The van der Waals surface area contributed by atoms with Crippen LogP contribution in [0, 0.1) is 0 Å². The van der Waals surface area contributed by atoms with Crippen molar-refractivity contribution in [3.05, 3.63) is 53.3 Å². The minimum Gasteiger partial charge on any atom is -0.444 e. The monoisotopic (exact) mass is 340 g/mol. The minimum absolute atomic E-state index is 0.316. The summed E-state index contributed by atoms with van der Waals surface area (Å²) in [4.78, 5) is 22.7. The number of amides is 1. The fourth-order valence-electron chi connectivity index (χ4n) is 2.66. The molecule has 0 aliphatic carbocycles. The molecule has 6 heteroatoms. The van der Waals surface area contributed by atoms with Gasteiger partial charge < -0.3 is 10.1 Å². The first-order valence-corrected chi connectivity index (χ1v) is 8.51. The van der Waals surface area contributed by atoms with Crippen LogP contribution >= 0.6 is 0 Å². The van der Waals surface area contributed by atoms with Crippen LogP contribution in [0.2, 0.25) is 0 Å². The molecule has 0 saturated carbocycles. The fourth-order valence-corrected chi connectivity index (χ4v) is 2.66. The molecule has 1 aliphatic heterocycles. The third-order valence-electron chi connectivity index (χ3n) is 3.85. The summed E-state index contributed by atoms with van der Waals surface area (Å²) in [5.74, 6) is 0.598. The number of anilines is 1. The van der Waals surface area contributed by atoms with Gasteiger partial charge in [-0.2, -0.15) is 0 Å². The normalized spacial score (nSPS) is 13.5. The van der Waals surface area contributed by atoms with Crippen LogP contribution in [0.5, 0.6) is 0 Å². The lowest BCUT2D eigenvalue weighted by atomic mass is 10.1. The highest BCUT2D eigenvalue weighted by atomic mass is 16.6. The van der Waals surface area contributed by atoms with Crippen molar-refractivity contribution in [1.29, 1.82) is 0 Å². The third kappa shape index (κ3) is 4.68. The van der Waals surface area contributed by atoms with E-state index >= 15 is 0 Å². The Kier molecular flexibility index (Phi) is 4.88. The van der Waals surface area contributed by atoms with E-state index in [0.29, 0.717) is 19.0 Å². The van der Waals surface area contributed by atoms with Gasteiger partial charge in [-0.15, -0.1) is 0 Å². The maximum Gasteiger partial charge on any atom is 0.410 e. The number of carbonyl (C=O) groups is 1. The Morgan fingerprint density at radius 3 is 2.72 bits per heavy atom. The smallest absolute Gasteiger partial charge is 0.410 e. The molecule has 1 amide bonds. The number of hydrogen-bond donors (Lipinski definition) is 1. The molecule has 0 bridgehead atoms. The first kappa shape index (κ1) is 17.2. The van der Waals surface area contributed by atoms with E-state index in [-0.39, 0.29) is 6.09 Å². The van der Waals surface area contributed by atoms with Crippen molar-refractivity contribution in [3.8, 4) is 0 Å². The summed E-state index contributed by atoms with van der Waals surface area (Å²) >= 11 is 0. The Labute approximate surface area is 148 Å². The zero-order valence-corrected chi connectivity index (χ0v) is 15.0. The third-order valence-corrected chi connectivity index (χ3v) is 3.85. The Morgan fingerprint density at radius 1 is 1.24 bits per heavy atom. The minimum atomic E-state index is -0.498. The van der Waals surface area contributed by atoms with Crippen LogP contribution in [0.25, 0.3) is 0 Å². The van der Waals surface area contributed by atoms with Crippen LogP contribution in [-0.4, -0.2) is 33.1 Å². The Balaban J connectivity index is 1.56. The molecular weight excluding hydrogens is 316 g/mol. The van der Waals surface area contributed by atoms with Crippen molar-refractivity contribution >= 4 is 12.0 Å². The molecule has 2 heterocycles. The number of ether oxygens (including phenoxy) is 1. The number of fused-ring (bicyclic) bond motifs is 1. The summed E-state index contributed by atoms with van der Waals surface area (Å²) < 4.78 is 5.42. The average Bonchev–Trinajstić information content (AvgIpc) is 2.98. The molecule has 1 aliphatic rings. The quantitative estimate of drug-likeness (QED) is 0.924. The number of nitrogens with one attached hydrogen (secondary N) is 1. The Bertz CT molecular complexity index is 741. The number of hydrogen-bond acceptors (Lipinski definition) is 5. The number of benzene rings is 1. The number of aromatic nitrogens is 2. The van der Waals surface area contributed by atoms with Gasteiger partial charge in [-0.1, -0.05) is 30.3 Å². The topological polar surface area (TPSA) is 67.3 Å². The molecule has 0 unspecified atom stereocenters. The average molecular weight is 340 g/mol. The molecule has 0 radical (unpaired) electrons. The molecule has 132 valence electrons. The molecule has 1 aromatic heterocycles. The van der Waals surface area contributed by atoms with Crippen molar-refractivity contribution in [2.75, 3.05) is 11.9 Å². The van der Waals surface area contributed by atoms with Gasteiger partial charge in [0.05, 0.1) is 18.8 Å². The van der Waals surface area contributed by atoms with Crippen LogP contribution in [-0.2, 0) is 24.2 Å². The van der Waals surface area contributed by atoms with Gasteiger partial charge in [0.15, 0.2) is 0 Å². The van der Waals surface area contributed by atoms with Gasteiger partial charge >= 0.3 is 6.09 Å². The summed E-state index contributed by atoms with van der Waals surface area (Å²) in [5.41, 5.74) is 2.62. The number of nitrogens with zero attached hydrogens (tertiary/aromatic N) is 3. The second-order valence-corrected chi connectivity index (χ2v) is 7.16. The molecule has 2 aromatic rings. The lowest BCUT2D eigenvalue weighted by molar-refractivity contribution is 0.0240.